The van der Waals surface area contributed by atoms with Crippen molar-refractivity contribution in [2.24, 2.45) is 0 Å². The van der Waals surface area contributed by atoms with Crippen molar-refractivity contribution in [2.45, 2.75) is 58.4 Å². The van der Waals surface area contributed by atoms with Crippen molar-refractivity contribution < 1.29 is 23.7 Å². The highest BCUT2D eigenvalue weighted by Gasteiger charge is 2.26. The van der Waals surface area contributed by atoms with E-state index in [1.807, 2.05) is 24.3 Å². The SMILES string of the molecule is CCCCN(C)CCOc1ccc(CN(CC)c2cc(OC)c(OC)cc2C2CCc3cc(O)ccc3C2)cc1F. The van der Waals surface area contributed by atoms with E-state index in [1.165, 1.54) is 16.7 Å². The zero-order valence-electron chi connectivity index (χ0n) is 25.2. The van der Waals surface area contributed by atoms with Gasteiger partial charge in [-0.15, -0.1) is 0 Å². The van der Waals surface area contributed by atoms with E-state index < -0.39 is 0 Å². The van der Waals surface area contributed by atoms with Crippen LogP contribution in [-0.4, -0.2) is 57.5 Å². The molecule has 1 unspecified atom stereocenters. The Morgan fingerprint density at radius 2 is 1.71 bits per heavy atom. The predicted octanol–water partition coefficient (Wildman–Crippen LogP) is 6.96. The molecule has 6 nitrogen and oxygen atoms in total. The lowest BCUT2D eigenvalue weighted by atomic mass is 9.79. The second-order valence-corrected chi connectivity index (χ2v) is 10.9. The Labute approximate surface area is 244 Å². The first-order valence-electron chi connectivity index (χ1n) is 14.8. The van der Waals surface area contributed by atoms with E-state index >= 15 is 4.39 Å². The fraction of sp³-hybridized carbons (Fsp3) is 0.471. The summed E-state index contributed by atoms with van der Waals surface area (Å²) in [5.74, 6) is 1.91. The molecule has 0 saturated heterocycles. The Bertz CT molecular complexity index is 1300. The van der Waals surface area contributed by atoms with E-state index in [4.69, 9.17) is 14.2 Å². The van der Waals surface area contributed by atoms with Gasteiger partial charge >= 0.3 is 0 Å². The first kappa shape index (κ1) is 30.5. The van der Waals surface area contributed by atoms with Crippen LogP contribution in [0.1, 0.15) is 61.3 Å². The van der Waals surface area contributed by atoms with E-state index in [0.29, 0.717) is 36.1 Å². The number of hydrogen-bond donors (Lipinski definition) is 1. The lowest BCUT2D eigenvalue weighted by Crippen LogP contribution is -2.26. The van der Waals surface area contributed by atoms with Gasteiger partial charge in [-0.2, -0.15) is 0 Å². The molecular weight excluding hydrogens is 519 g/mol. The molecule has 4 rings (SSSR count). The minimum Gasteiger partial charge on any atom is -0.508 e. The number of methoxy groups -OCH3 is 2. The van der Waals surface area contributed by atoms with Gasteiger partial charge in [0.25, 0.3) is 0 Å². The van der Waals surface area contributed by atoms with Gasteiger partial charge in [-0.1, -0.05) is 25.5 Å². The Kier molecular flexibility index (Phi) is 10.7. The Morgan fingerprint density at radius 1 is 0.927 bits per heavy atom. The molecule has 0 radical (unpaired) electrons. The van der Waals surface area contributed by atoms with Gasteiger partial charge < -0.3 is 29.1 Å². The van der Waals surface area contributed by atoms with Crippen LogP contribution in [0.3, 0.4) is 0 Å². The zero-order valence-corrected chi connectivity index (χ0v) is 25.2. The minimum absolute atomic E-state index is 0.277. The molecule has 1 aliphatic carbocycles. The highest BCUT2D eigenvalue weighted by Crippen LogP contribution is 2.43. The molecule has 0 aromatic heterocycles. The number of rotatable bonds is 14. The van der Waals surface area contributed by atoms with E-state index in [9.17, 15) is 5.11 Å². The van der Waals surface area contributed by atoms with Gasteiger partial charge in [0, 0.05) is 31.4 Å². The smallest absolute Gasteiger partial charge is 0.165 e. The maximum absolute atomic E-state index is 15.1. The average Bonchev–Trinajstić information content (AvgIpc) is 2.98. The van der Waals surface area contributed by atoms with Crippen LogP contribution in [0.4, 0.5) is 10.1 Å². The highest BCUT2D eigenvalue weighted by atomic mass is 19.1. The number of halogens is 1. The Morgan fingerprint density at radius 3 is 2.41 bits per heavy atom. The number of benzene rings is 3. The fourth-order valence-corrected chi connectivity index (χ4v) is 5.69. The molecule has 0 heterocycles. The molecule has 1 atom stereocenters. The number of phenolic OH excluding ortho intramolecular Hbond substituents is 1. The standard InChI is InChI=1S/C34H45FN2O4/c1-6-8-15-36(3)16-17-41-32-14-9-24(18-30(32)35)23-37(7-2)31-22-34(40-5)33(39-4)21-29(31)27-11-10-26-20-28(38)13-12-25(26)19-27/h9,12-14,18,20-22,27,38H,6-8,10-11,15-17,19,23H2,1-5H3. The first-order chi connectivity index (χ1) is 19.9. The molecule has 1 aliphatic rings. The summed E-state index contributed by atoms with van der Waals surface area (Å²) in [7, 11) is 5.38. The van der Waals surface area contributed by atoms with Gasteiger partial charge in [0.15, 0.2) is 23.1 Å². The van der Waals surface area contributed by atoms with Crippen molar-refractivity contribution in [3.8, 4) is 23.0 Å². The number of likely N-dealkylation sites (N-methyl/N-ethyl adjacent to an activating group) is 1. The van der Waals surface area contributed by atoms with Crippen molar-refractivity contribution in [3.63, 3.8) is 0 Å². The van der Waals surface area contributed by atoms with Crippen LogP contribution in [0, 0.1) is 5.82 Å². The van der Waals surface area contributed by atoms with Crippen molar-refractivity contribution in [1.82, 2.24) is 4.90 Å². The van der Waals surface area contributed by atoms with Crippen LogP contribution < -0.4 is 19.1 Å². The molecule has 0 spiro atoms. The van der Waals surface area contributed by atoms with Crippen molar-refractivity contribution in [3.05, 3.63) is 76.6 Å². The molecule has 0 fully saturated rings. The summed E-state index contributed by atoms with van der Waals surface area (Å²) in [6.07, 6.45) is 5.04. The number of aromatic hydroxyl groups is 1. The quantitative estimate of drug-likeness (QED) is 0.229. The molecule has 41 heavy (non-hydrogen) atoms. The predicted molar refractivity (Wildman–Crippen MR) is 163 cm³/mol. The summed E-state index contributed by atoms with van der Waals surface area (Å²) in [6, 6.07) is 15.1. The van der Waals surface area contributed by atoms with Gasteiger partial charge in [0.05, 0.1) is 14.2 Å². The van der Waals surface area contributed by atoms with Crippen LogP contribution >= 0.6 is 0 Å². The van der Waals surface area contributed by atoms with E-state index in [0.717, 1.165) is 63.0 Å². The Hall–Kier alpha value is -3.45. The molecule has 3 aromatic carbocycles. The number of aryl methyl sites for hydroxylation is 1. The number of hydrogen-bond acceptors (Lipinski definition) is 6. The molecule has 3 aromatic rings. The summed E-state index contributed by atoms with van der Waals surface area (Å²) < 4.78 is 32.2. The van der Waals surface area contributed by atoms with Crippen LogP contribution in [0.5, 0.6) is 23.0 Å². The van der Waals surface area contributed by atoms with Crippen molar-refractivity contribution in [2.75, 3.05) is 52.4 Å². The molecule has 0 bridgehead atoms. The first-order valence-corrected chi connectivity index (χ1v) is 14.8. The van der Waals surface area contributed by atoms with E-state index in [1.54, 1.807) is 32.4 Å². The van der Waals surface area contributed by atoms with E-state index in [2.05, 4.69) is 36.8 Å². The Balaban J connectivity index is 1.55. The fourth-order valence-electron chi connectivity index (χ4n) is 5.69. The molecular formula is C34H45FN2O4. The second kappa shape index (κ2) is 14.4. The van der Waals surface area contributed by atoms with Gasteiger partial charge in [-0.25, -0.2) is 4.39 Å². The summed E-state index contributed by atoms with van der Waals surface area (Å²) >= 11 is 0. The molecule has 1 N–H and O–H groups in total. The number of phenols is 1. The monoisotopic (exact) mass is 564 g/mol. The second-order valence-electron chi connectivity index (χ2n) is 10.9. The summed E-state index contributed by atoms with van der Waals surface area (Å²) in [5.41, 5.74) is 5.60. The van der Waals surface area contributed by atoms with Crippen molar-refractivity contribution >= 4 is 5.69 Å². The summed E-state index contributed by atoms with van der Waals surface area (Å²) in [6.45, 7) is 7.81. The maximum Gasteiger partial charge on any atom is 0.165 e. The number of ether oxygens (including phenoxy) is 3. The van der Waals surface area contributed by atoms with E-state index in [-0.39, 0.29) is 11.7 Å². The third kappa shape index (κ3) is 7.64. The molecule has 7 heteroatoms. The average molecular weight is 565 g/mol. The van der Waals surface area contributed by atoms with Gasteiger partial charge in [0.1, 0.15) is 12.4 Å². The van der Waals surface area contributed by atoms with Crippen LogP contribution in [0.15, 0.2) is 48.5 Å². The molecule has 0 aliphatic heterocycles. The lowest BCUT2D eigenvalue weighted by molar-refractivity contribution is 0.229. The number of fused-ring (bicyclic) bond motifs is 1. The summed E-state index contributed by atoms with van der Waals surface area (Å²) in [5, 5.41) is 9.94. The zero-order chi connectivity index (χ0) is 29.4. The summed E-state index contributed by atoms with van der Waals surface area (Å²) in [4.78, 5) is 4.48. The third-order valence-corrected chi connectivity index (χ3v) is 8.11. The maximum atomic E-state index is 15.1. The number of unbranched alkanes of at least 4 members (excludes halogenated alkanes) is 1. The van der Waals surface area contributed by atoms with Gasteiger partial charge in [0.2, 0.25) is 0 Å². The van der Waals surface area contributed by atoms with Gasteiger partial charge in [-0.05, 0) is 105 Å². The number of nitrogens with zero attached hydrogens (tertiary/aromatic N) is 2. The van der Waals surface area contributed by atoms with Crippen LogP contribution in [-0.2, 0) is 19.4 Å². The number of anilines is 1. The molecule has 0 saturated carbocycles. The van der Waals surface area contributed by atoms with Crippen LogP contribution in [0.25, 0.3) is 0 Å². The topological polar surface area (TPSA) is 54.4 Å². The van der Waals surface area contributed by atoms with Gasteiger partial charge in [-0.3, -0.25) is 0 Å². The van der Waals surface area contributed by atoms with Crippen molar-refractivity contribution in [1.29, 1.82) is 0 Å². The normalized spacial score (nSPS) is 14.6. The highest BCUT2D eigenvalue weighted by molar-refractivity contribution is 5.64. The largest absolute Gasteiger partial charge is 0.508 e. The molecule has 222 valence electrons. The van der Waals surface area contributed by atoms with Crippen LogP contribution in [0.2, 0.25) is 0 Å². The molecule has 0 amide bonds. The minimum atomic E-state index is -0.338. The third-order valence-electron chi connectivity index (χ3n) is 8.11. The lowest BCUT2D eigenvalue weighted by Gasteiger charge is -2.32.